The molecule has 0 bridgehead atoms. The van der Waals surface area contributed by atoms with Crippen molar-refractivity contribution in [2.75, 3.05) is 25.7 Å². The summed E-state index contributed by atoms with van der Waals surface area (Å²) in [5.74, 6) is 1.77. The molecule has 0 saturated heterocycles. The molecule has 6 nitrogen and oxygen atoms in total. The Hall–Kier alpha value is -2.99. The molecule has 0 amide bonds. The molecule has 1 aromatic heterocycles. The molecular weight excluding hydrogens is 352 g/mol. The van der Waals surface area contributed by atoms with Gasteiger partial charge < -0.3 is 20.9 Å². The fourth-order valence-electron chi connectivity index (χ4n) is 2.79. The highest BCUT2D eigenvalue weighted by molar-refractivity contribution is 6.30. The van der Waals surface area contributed by atoms with E-state index in [1.54, 1.807) is 26.4 Å². The number of nitrogen functional groups attached to an aromatic ring is 2. The average molecular weight is 371 g/mol. The molecular formula is C19H19ClN4O2. The molecule has 0 aliphatic rings. The van der Waals surface area contributed by atoms with Crippen LogP contribution in [0.15, 0.2) is 42.5 Å². The van der Waals surface area contributed by atoms with E-state index in [2.05, 4.69) is 9.97 Å². The number of benzene rings is 2. The van der Waals surface area contributed by atoms with E-state index < -0.39 is 0 Å². The third-order valence-electron chi connectivity index (χ3n) is 3.98. The Balaban J connectivity index is 2.06. The van der Waals surface area contributed by atoms with E-state index in [9.17, 15) is 0 Å². The van der Waals surface area contributed by atoms with Crippen molar-refractivity contribution in [3.63, 3.8) is 0 Å². The quantitative estimate of drug-likeness (QED) is 0.712. The van der Waals surface area contributed by atoms with Crippen LogP contribution in [0.3, 0.4) is 0 Å². The third kappa shape index (κ3) is 3.65. The maximum absolute atomic E-state index is 6.14. The molecule has 2 aromatic carbocycles. The first-order valence-corrected chi connectivity index (χ1v) is 8.28. The standard InChI is InChI=1S/C19H19ClN4O2/c1-25-15-8-3-11(10-16(15)26-2)9-14-17(18(21)24-19(22)23-14)12-4-6-13(20)7-5-12/h3-8,10H,9H2,1-2H3,(H4,21,22,23,24). The molecule has 0 aliphatic heterocycles. The van der Waals surface area contributed by atoms with Gasteiger partial charge in [0.05, 0.1) is 19.9 Å². The fraction of sp³-hybridized carbons (Fsp3) is 0.158. The second-order valence-corrected chi connectivity index (χ2v) is 6.10. The van der Waals surface area contributed by atoms with Gasteiger partial charge in [0, 0.05) is 17.0 Å². The summed E-state index contributed by atoms with van der Waals surface area (Å²) in [6.45, 7) is 0. The van der Waals surface area contributed by atoms with E-state index in [0.717, 1.165) is 22.4 Å². The van der Waals surface area contributed by atoms with E-state index in [1.807, 2.05) is 30.3 Å². The van der Waals surface area contributed by atoms with Crippen LogP contribution < -0.4 is 20.9 Å². The Kier molecular flexibility index (Phi) is 5.14. The van der Waals surface area contributed by atoms with Crippen LogP contribution >= 0.6 is 11.6 Å². The van der Waals surface area contributed by atoms with Crippen LogP contribution in [-0.4, -0.2) is 24.2 Å². The number of nitrogens with zero attached hydrogens (tertiary/aromatic N) is 2. The van der Waals surface area contributed by atoms with Gasteiger partial charge in [0.25, 0.3) is 0 Å². The number of hydrogen-bond acceptors (Lipinski definition) is 6. The molecule has 0 aliphatic carbocycles. The van der Waals surface area contributed by atoms with Crippen molar-refractivity contribution >= 4 is 23.4 Å². The third-order valence-corrected chi connectivity index (χ3v) is 4.23. The molecule has 0 unspecified atom stereocenters. The summed E-state index contributed by atoms with van der Waals surface area (Å²) in [5.41, 5.74) is 15.3. The zero-order valence-electron chi connectivity index (χ0n) is 14.5. The summed E-state index contributed by atoms with van der Waals surface area (Å²) >= 11 is 5.99. The summed E-state index contributed by atoms with van der Waals surface area (Å²) in [6, 6.07) is 13.1. The van der Waals surface area contributed by atoms with Crippen molar-refractivity contribution in [2.45, 2.75) is 6.42 Å². The molecule has 0 fully saturated rings. The SMILES string of the molecule is COc1ccc(Cc2nc(N)nc(N)c2-c2ccc(Cl)cc2)cc1OC. The molecule has 3 aromatic rings. The highest BCUT2D eigenvalue weighted by Crippen LogP contribution is 2.33. The predicted octanol–water partition coefficient (Wildman–Crippen LogP) is 3.57. The number of ether oxygens (including phenoxy) is 2. The summed E-state index contributed by atoms with van der Waals surface area (Å²) in [7, 11) is 3.20. The van der Waals surface area contributed by atoms with Crippen LogP contribution in [-0.2, 0) is 6.42 Å². The van der Waals surface area contributed by atoms with Crippen LogP contribution in [0, 0.1) is 0 Å². The van der Waals surface area contributed by atoms with Crippen molar-refractivity contribution in [1.29, 1.82) is 0 Å². The minimum absolute atomic E-state index is 0.135. The monoisotopic (exact) mass is 370 g/mol. The number of aromatic nitrogens is 2. The van der Waals surface area contributed by atoms with Gasteiger partial charge in [-0.1, -0.05) is 29.8 Å². The van der Waals surface area contributed by atoms with E-state index in [4.69, 9.17) is 32.5 Å². The fourth-order valence-corrected chi connectivity index (χ4v) is 2.92. The summed E-state index contributed by atoms with van der Waals surface area (Å²) in [5, 5.41) is 0.644. The molecule has 3 rings (SSSR count). The van der Waals surface area contributed by atoms with Gasteiger partial charge in [-0.15, -0.1) is 0 Å². The maximum Gasteiger partial charge on any atom is 0.222 e. The minimum Gasteiger partial charge on any atom is -0.493 e. The molecule has 1 heterocycles. The molecule has 0 atom stereocenters. The van der Waals surface area contributed by atoms with Crippen molar-refractivity contribution in [3.05, 3.63) is 58.7 Å². The van der Waals surface area contributed by atoms with E-state index >= 15 is 0 Å². The Labute approximate surface area is 156 Å². The second kappa shape index (κ2) is 7.49. The lowest BCUT2D eigenvalue weighted by molar-refractivity contribution is 0.354. The van der Waals surface area contributed by atoms with Gasteiger partial charge in [0.15, 0.2) is 11.5 Å². The number of hydrogen-bond donors (Lipinski definition) is 2. The van der Waals surface area contributed by atoms with Crippen LogP contribution in [0.2, 0.25) is 5.02 Å². The molecule has 26 heavy (non-hydrogen) atoms. The Morgan fingerprint density at radius 2 is 1.62 bits per heavy atom. The van der Waals surface area contributed by atoms with Crippen molar-refractivity contribution in [3.8, 4) is 22.6 Å². The van der Waals surface area contributed by atoms with Gasteiger partial charge in [0.1, 0.15) is 5.82 Å². The van der Waals surface area contributed by atoms with Crippen LogP contribution in [0.5, 0.6) is 11.5 Å². The lowest BCUT2D eigenvalue weighted by Crippen LogP contribution is -2.07. The van der Waals surface area contributed by atoms with Gasteiger partial charge in [-0.05, 0) is 35.4 Å². The first-order valence-electron chi connectivity index (χ1n) is 7.90. The highest BCUT2D eigenvalue weighted by Gasteiger charge is 2.15. The molecule has 7 heteroatoms. The lowest BCUT2D eigenvalue weighted by Gasteiger charge is -2.14. The zero-order chi connectivity index (χ0) is 18.7. The van der Waals surface area contributed by atoms with Gasteiger partial charge >= 0.3 is 0 Å². The first kappa shape index (κ1) is 17.8. The van der Waals surface area contributed by atoms with E-state index in [-0.39, 0.29) is 5.95 Å². The Morgan fingerprint density at radius 1 is 0.923 bits per heavy atom. The number of halogens is 1. The molecule has 4 N–H and O–H groups in total. The van der Waals surface area contributed by atoms with Crippen LogP contribution in [0.1, 0.15) is 11.3 Å². The van der Waals surface area contributed by atoms with Gasteiger partial charge in [-0.2, -0.15) is 4.98 Å². The molecule has 0 spiro atoms. The minimum atomic E-state index is 0.135. The Bertz CT molecular complexity index is 930. The van der Waals surface area contributed by atoms with Crippen molar-refractivity contribution < 1.29 is 9.47 Å². The number of methoxy groups -OCH3 is 2. The molecule has 0 radical (unpaired) electrons. The van der Waals surface area contributed by atoms with Crippen molar-refractivity contribution in [2.24, 2.45) is 0 Å². The number of anilines is 2. The second-order valence-electron chi connectivity index (χ2n) is 5.66. The van der Waals surface area contributed by atoms with E-state index in [1.165, 1.54) is 0 Å². The first-order chi connectivity index (χ1) is 12.5. The van der Waals surface area contributed by atoms with E-state index in [0.29, 0.717) is 28.8 Å². The van der Waals surface area contributed by atoms with Crippen molar-refractivity contribution in [1.82, 2.24) is 9.97 Å². The van der Waals surface area contributed by atoms with Gasteiger partial charge in [-0.3, -0.25) is 0 Å². The Morgan fingerprint density at radius 3 is 2.27 bits per heavy atom. The number of nitrogens with two attached hydrogens (primary N) is 2. The average Bonchev–Trinajstić information content (AvgIpc) is 2.62. The smallest absolute Gasteiger partial charge is 0.222 e. The molecule has 134 valence electrons. The largest absolute Gasteiger partial charge is 0.493 e. The van der Waals surface area contributed by atoms with Crippen LogP contribution in [0.25, 0.3) is 11.1 Å². The van der Waals surface area contributed by atoms with Gasteiger partial charge in [0.2, 0.25) is 5.95 Å². The predicted molar refractivity (Wildman–Crippen MR) is 104 cm³/mol. The summed E-state index contributed by atoms with van der Waals surface area (Å²) in [4.78, 5) is 8.51. The van der Waals surface area contributed by atoms with Gasteiger partial charge in [-0.25, -0.2) is 4.98 Å². The maximum atomic E-state index is 6.14. The highest BCUT2D eigenvalue weighted by atomic mass is 35.5. The van der Waals surface area contributed by atoms with Crippen LogP contribution in [0.4, 0.5) is 11.8 Å². The molecule has 0 saturated carbocycles. The summed E-state index contributed by atoms with van der Waals surface area (Å²) in [6.07, 6.45) is 0.509. The zero-order valence-corrected chi connectivity index (χ0v) is 15.2. The normalized spacial score (nSPS) is 10.6. The number of rotatable bonds is 5. The lowest BCUT2D eigenvalue weighted by atomic mass is 9.99. The summed E-state index contributed by atoms with van der Waals surface area (Å²) < 4.78 is 10.6. The topological polar surface area (TPSA) is 96.3 Å².